The number of ether oxygens (including phenoxy) is 1. The van der Waals surface area contributed by atoms with Crippen LogP contribution >= 0.6 is 0 Å². The van der Waals surface area contributed by atoms with Gasteiger partial charge in [0.1, 0.15) is 5.56 Å². The number of aryl methyl sites for hydroxylation is 2. The highest BCUT2D eigenvalue weighted by atomic mass is 16.5. The van der Waals surface area contributed by atoms with Gasteiger partial charge < -0.3 is 9.84 Å². The fourth-order valence-electron chi connectivity index (χ4n) is 1.77. The van der Waals surface area contributed by atoms with E-state index in [-0.39, 0.29) is 17.5 Å². The molecule has 0 aliphatic rings. The number of aromatic carboxylic acids is 1. The standard InChI is InChI=1S/C12H16N4O3/c1-7(2)16-6-9(5-13-16)19-11-10(12(17)18)8(3)14-15(11)4/h5-7H,1-4H3,(H,17,18). The van der Waals surface area contributed by atoms with Gasteiger partial charge in [-0.05, 0) is 20.8 Å². The van der Waals surface area contributed by atoms with Crippen LogP contribution in [0.4, 0.5) is 0 Å². The molecule has 7 nitrogen and oxygen atoms in total. The topological polar surface area (TPSA) is 82.2 Å². The summed E-state index contributed by atoms with van der Waals surface area (Å²) in [6.07, 6.45) is 3.27. The van der Waals surface area contributed by atoms with E-state index in [2.05, 4.69) is 10.2 Å². The molecule has 19 heavy (non-hydrogen) atoms. The molecular weight excluding hydrogens is 248 g/mol. The summed E-state index contributed by atoms with van der Waals surface area (Å²) >= 11 is 0. The summed E-state index contributed by atoms with van der Waals surface area (Å²) in [4.78, 5) is 11.2. The molecule has 0 fully saturated rings. The average Bonchev–Trinajstić information content (AvgIpc) is 2.85. The largest absolute Gasteiger partial charge is 0.477 e. The third kappa shape index (κ3) is 2.44. The summed E-state index contributed by atoms with van der Waals surface area (Å²) in [7, 11) is 1.64. The van der Waals surface area contributed by atoms with Gasteiger partial charge in [-0.3, -0.25) is 4.68 Å². The first-order valence-electron chi connectivity index (χ1n) is 5.89. The first-order chi connectivity index (χ1) is 8.90. The smallest absolute Gasteiger partial charge is 0.343 e. The van der Waals surface area contributed by atoms with Crippen molar-refractivity contribution in [3.8, 4) is 11.6 Å². The van der Waals surface area contributed by atoms with Crippen molar-refractivity contribution in [3.63, 3.8) is 0 Å². The molecule has 0 spiro atoms. The molecule has 0 saturated heterocycles. The van der Waals surface area contributed by atoms with Gasteiger partial charge in [0.05, 0.1) is 18.1 Å². The van der Waals surface area contributed by atoms with E-state index < -0.39 is 5.97 Å². The lowest BCUT2D eigenvalue weighted by Crippen LogP contribution is -2.02. The van der Waals surface area contributed by atoms with Crippen molar-refractivity contribution in [3.05, 3.63) is 23.7 Å². The molecule has 1 N–H and O–H groups in total. The van der Waals surface area contributed by atoms with Gasteiger partial charge >= 0.3 is 5.97 Å². The molecule has 0 amide bonds. The molecule has 0 atom stereocenters. The third-order valence-electron chi connectivity index (χ3n) is 2.70. The molecule has 102 valence electrons. The average molecular weight is 264 g/mol. The van der Waals surface area contributed by atoms with Crippen LogP contribution in [0.3, 0.4) is 0 Å². The minimum absolute atomic E-state index is 0.0693. The highest BCUT2D eigenvalue weighted by Crippen LogP contribution is 2.27. The van der Waals surface area contributed by atoms with Crippen molar-refractivity contribution in [1.82, 2.24) is 19.6 Å². The number of carboxylic acid groups (broad SMARTS) is 1. The zero-order valence-electron chi connectivity index (χ0n) is 11.3. The fourth-order valence-corrected chi connectivity index (χ4v) is 1.77. The van der Waals surface area contributed by atoms with Crippen LogP contribution in [-0.2, 0) is 7.05 Å². The zero-order valence-corrected chi connectivity index (χ0v) is 11.3. The summed E-state index contributed by atoms with van der Waals surface area (Å²) in [6, 6.07) is 0.213. The van der Waals surface area contributed by atoms with Crippen LogP contribution in [0.1, 0.15) is 35.9 Å². The molecule has 0 radical (unpaired) electrons. The normalized spacial score (nSPS) is 11.0. The van der Waals surface area contributed by atoms with Crippen molar-refractivity contribution in [2.24, 2.45) is 7.05 Å². The fraction of sp³-hybridized carbons (Fsp3) is 0.417. The Morgan fingerprint density at radius 2 is 2.16 bits per heavy atom. The Bertz CT molecular complexity index is 613. The van der Waals surface area contributed by atoms with Gasteiger partial charge in [-0.15, -0.1) is 0 Å². The first-order valence-corrected chi connectivity index (χ1v) is 5.89. The minimum atomic E-state index is -1.06. The molecule has 0 aliphatic heterocycles. The Labute approximate surface area is 110 Å². The molecule has 0 saturated carbocycles. The van der Waals surface area contributed by atoms with Gasteiger partial charge in [0.2, 0.25) is 5.88 Å². The number of hydrogen-bond donors (Lipinski definition) is 1. The quantitative estimate of drug-likeness (QED) is 0.913. The molecule has 0 bridgehead atoms. The van der Waals surface area contributed by atoms with E-state index in [0.717, 1.165) is 0 Å². The van der Waals surface area contributed by atoms with E-state index in [1.54, 1.807) is 31.0 Å². The van der Waals surface area contributed by atoms with Gasteiger partial charge in [0, 0.05) is 13.1 Å². The monoisotopic (exact) mass is 264 g/mol. The van der Waals surface area contributed by atoms with Gasteiger partial charge in [0.25, 0.3) is 0 Å². The summed E-state index contributed by atoms with van der Waals surface area (Å²) < 4.78 is 8.73. The first kappa shape index (κ1) is 13.1. The number of carbonyl (C=O) groups is 1. The van der Waals surface area contributed by atoms with E-state index in [9.17, 15) is 9.90 Å². The number of rotatable bonds is 4. The molecule has 2 aromatic heterocycles. The second-order valence-corrected chi connectivity index (χ2v) is 4.55. The zero-order chi connectivity index (χ0) is 14.2. The Morgan fingerprint density at radius 1 is 1.47 bits per heavy atom. The Kier molecular flexibility index (Phi) is 3.28. The summed E-state index contributed by atoms with van der Waals surface area (Å²) in [5, 5.41) is 17.4. The van der Waals surface area contributed by atoms with Crippen molar-refractivity contribution >= 4 is 5.97 Å². The second-order valence-electron chi connectivity index (χ2n) is 4.55. The van der Waals surface area contributed by atoms with Gasteiger partial charge in [-0.2, -0.15) is 10.2 Å². The number of carboxylic acids is 1. The number of hydrogen-bond acceptors (Lipinski definition) is 4. The maximum Gasteiger partial charge on any atom is 0.343 e. The van der Waals surface area contributed by atoms with Crippen LogP contribution in [0.15, 0.2) is 12.4 Å². The van der Waals surface area contributed by atoms with Crippen LogP contribution in [0.25, 0.3) is 0 Å². The van der Waals surface area contributed by atoms with Crippen molar-refractivity contribution < 1.29 is 14.6 Å². The molecule has 2 aromatic rings. The molecule has 0 aromatic carbocycles. The summed E-state index contributed by atoms with van der Waals surface area (Å²) in [5.74, 6) is -0.371. The predicted molar refractivity (Wildman–Crippen MR) is 67.6 cm³/mol. The second kappa shape index (κ2) is 4.75. The van der Waals surface area contributed by atoms with Crippen LogP contribution in [-0.4, -0.2) is 30.6 Å². The molecule has 0 aliphatic carbocycles. The lowest BCUT2D eigenvalue weighted by atomic mass is 10.2. The number of nitrogens with zero attached hydrogens (tertiary/aromatic N) is 4. The Balaban J connectivity index is 2.35. The highest BCUT2D eigenvalue weighted by Gasteiger charge is 2.22. The minimum Gasteiger partial charge on any atom is -0.477 e. The molecule has 2 rings (SSSR count). The van der Waals surface area contributed by atoms with Crippen LogP contribution in [0.2, 0.25) is 0 Å². The van der Waals surface area contributed by atoms with E-state index >= 15 is 0 Å². The molecular formula is C12H16N4O3. The van der Waals surface area contributed by atoms with E-state index in [1.165, 1.54) is 4.68 Å². The lowest BCUT2D eigenvalue weighted by molar-refractivity contribution is 0.0693. The molecule has 7 heteroatoms. The lowest BCUT2D eigenvalue weighted by Gasteiger charge is -2.05. The van der Waals surface area contributed by atoms with E-state index in [1.807, 2.05) is 13.8 Å². The highest BCUT2D eigenvalue weighted by molar-refractivity contribution is 5.91. The third-order valence-corrected chi connectivity index (χ3v) is 2.70. The van der Waals surface area contributed by atoms with Crippen molar-refractivity contribution in [2.75, 3.05) is 0 Å². The maximum absolute atomic E-state index is 11.2. The predicted octanol–water partition coefficient (Wildman–Crippen LogP) is 2.00. The van der Waals surface area contributed by atoms with Gasteiger partial charge in [-0.25, -0.2) is 9.48 Å². The van der Waals surface area contributed by atoms with Gasteiger partial charge in [-0.1, -0.05) is 0 Å². The van der Waals surface area contributed by atoms with Crippen LogP contribution in [0, 0.1) is 6.92 Å². The van der Waals surface area contributed by atoms with Crippen molar-refractivity contribution in [2.45, 2.75) is 26.8 Å². The Hall–Kier alpha value is -2.31. The van der Waals surface area contributed by atoms with Crippen LogP contribution < -0.4 is 4.74 Å². The van der Waals surface area contributed by atoms with E-state index in [4.69, 9.17) is 4.74 Å². The Morgan fingerprint density at radius 3 is 2.68 bits per heavy atom. The summed E-state index contributed by atoms with van der Waals surface area (Å²) in [6.45, 7) is 5.62. The molecule has 0 unspecified atom stereocenters. The molecule has 2 heterocycles. The maximum atomic E-state index is 11.2. The SMILES string of the molecule is Cc1nn(C)c(Oc2cnn(C(C)C)c2)c1C(=O)O. The number of aromatic nitrogens is 4. The van der Waals surface area contributed by atoms with E-state index in [0.29, 0.717) is 11.4 Å². The van der Waals surface area contributed by atoms with Crippen molar-refractivity contribution in [1.29, 1.82) is 0 Å². The van der Waals surface area contributed by atoms with Crippen LogP contribution in [0.5, 0.6) is 11.6 Å². The summed E-state index contributed by atoms with van der Waals surface area (Å²) in [5.41, 5.74) is 0.487. The van der Waals surface area contributed by atoms with Gasteiger partial charge in [0.15, 0.2) is 5.75 Å².